The third-order valence-corrected chi connectivity index (χ3v) is 2.45. The molecule has 0 spiro atoms. The molecule has 3 heteroatoms. The predicted octanol–water partition coefficient (Wildman–Crippen LogP) is 0.884. The van der Waals surface area contributed by atoms with Crippen LogP contribution in [0.2, 0.25) is 0 Å². The number of rotatable bonds is 6. The fourth-order valence-corrected chi connectivity index (χ4v) is 1.63. The quantitative estimate of drug-likeness (QED) is 0.605. The Morgan fingerprint density at radius 1 is 1.31 bits per heavy atom. The summed E-state index contributed by atoms with van der Waals surface area (Å²) in [4.78, 5) is 0. The Morgan fingerprint density at radius 2 is 2.23 bits per heavy atom. The summed E-state index contributed by atoms with van der Waals surface area (Å²) in [5.74, 6) is 0. The number of ether oxygens (including phenoxy) is 1. The predicted molar refractivity (Wildman–Crippen MR) is 54.7 cm³/mol. The highest BCUT2D eigenvalue weighted by Gasteiger charge is 2.12. The molecule has 3 N–H and O–H groups in total. The van der Waals surface area contributed by atoms with Crippen LogP contribution in [0.4, 0.5) is 0 Å². The largest absolute Gasteiger partial charge is 0.377 e. The molecule has 0 amide bonds. The lowest BCUT2D eigenvalue weighted by molar-refractivity contribution is 0.0170. The van der Waals surface area contributed by atoms with Crippen LogP contribution in [-0.4, -0.2) is 32.3 Å². The van der Waals surface area contributed by atoms with Crippen LogP contribution in [0.15, 0.2) is 0 Å². The molecular weight excluding hydrogens is 164 g/mol. The van der Waals surface area contributed by atoms with Gasteiger partial charge >= 0.3 is 0 Å². The molecule has 1 fully saturated rings. The van der Waals surface area contributed by atoms with Gasteiger partial charge in [0, 0.05) is 13.2 Å². The van der Waals surface area contributed by atoms with Crippen molar-refractivity contribution in [2.24, 2.45) is 5.73 Å². The Bertz CT molecular complexity index is 113. The maximum atomic E-state index is 5.60. The van der Waals surface area contributed by atoms with Crippen LogP contribution in [0, 0.1) is 0 Å². The first-order chi connectivity index (χ1) is 6.43. The summed E-state index contributed by atoms with van der Waals surface area (Å²) in [5, 5.41) is 3.41. The van der Waals surface area contributed by atoms with E-state index in [1.807, 2.05) is 0 Å². The van der Waals surface area contributed by atoms with Crippen molar-refractivity contribution in [2.75, 3.05) is 26.2 Å². The lowest BCUT2D eigenvalue weighted by atomic mass is 10.1. The Labute approximate surface area is 81.0 Å². The summed E-state index contributed by atoms with van der Waals surface area (Å²) in [6, 6.07) is 0. The summed E-state index contributed by atoms with van der Waals surface area (Å²) >= 11 is 0. The van der Waals surface area contributed by atoms with E-state index in [2.05, 4.69) is 5.32 Å². The van der Waals surface area contributed by atoms with Gasteiger partial charge in [0.2, 0.25) is 0 Å². The van der Waals surface area contributed by atoms with Gasteiger partial charge in [-0.1, -0.05) is 0 Å². The Morgan fingerprint density at radius 3 is 2.92 bits per heavy atom. The van der Waals surface area contributed by atoms with Crippen LogP contribution < -0.4 is 11.1 Å². The first-order valence-corrected chi connectivity index (χ1v) is 5.46. The number of nitrogens with two attached hydrogens (primary N) is 1. The highest BCUT2D eigenvalue weighted by Crippen LogP contribution is 2.11. The summed E-state index contributed by atoms with van der Waals surface area (Å²) in [5.41, 5.74) is 5.40. The van der Waals surface area contributed by atoms with Crippen LogP contribution in [0.3, 0.4) is 0 Å². The monoisotopic (exact) mass is 186 g/mol. The maximum Gasteiger partial charge on any atom is 0.0699 e. The van der Waals surface area contributed by atoms with E-state index in [-0.39, 0.29) is 0 Å². The van der Waals surface area contributed by atoms with Gasteiger partial charge in [-0.15, -0.1) is 0 Å². The van der Waals surface area contributed by atoms with E-state index in [9.17, 15) is 0 Å². The van der Waals surface area contributed by atoms with E-state index in [0.717, 1.165) is 32.7 Å². The summed E-state index contributed by atoms with van der Waals surface area (Å²) in [6.45, 7) is 3.86. The van der Waals surface area contributed by atoms with Crippen LogP contribution in [0.1, 0.15) is 32.1 Å². The number of hydrogen-bond donors (Lipinski definition) is 2. The van der Waals surface area contributed by atoms with Crippen molar-refractivity contribution in [1.82, 2.24) is 5.32 Å². The molecule has 1 saturated heterocycles. The van der Waals surface area contributed by atoms with Gasteiger partial charge < -0.3 is 15.8 Å². The Kier molecular flexibility index (Phi) is 6.15. The summed E-state index contributed by atoms with van der Waals surface area (Å²) in [7, 11) is 0. The average Bonchev–Trinajstić information content (AvgIpc) is 2.19. The smallest absolute Gasteiger partial charge is 0.0699 e. The standard InChI is InChI=1S/C10H22N2O/c11-6-2-3-7-12-9-10-5-1-4-8-13-10/h10,12H,1-9,11H2. The lowest BCUT2D eigenvalue weighted by Gasteiger charge is -2.22. The molecule has 3 nitrogen and oxygen atoms in total. The van der Waals surface area contributed by atoms with Gasteiger partial charge in [-0.3, -0.25) is 0 Å². The van der Waals surface area contributed by atoms with E-state index in [4.69, 9.17) is 10.5 Å². The molecule has 0 aromatic rings. The average molecular weight is 186 g/mol. The molecule has 0 aliphatic carbocycles. The van der Waals surface area contributed by atoms with Crippen LogP contribution in [0.5, 0.6) is 0 Å². The third-order valence-electron chi connectivity index (χ3n) is 2.45. The molecule has 0 radical (unpaired) electrons. The van der Waals surface area contributed by atoms with Gasteiger partial charge in [-0.2, -0.15) is 0 Å². The van der Waals surface area contributed by atoms with Crippen LogP contribution in [0.25, 0.3) is 0 Å². The van der Waals surface area contributed by atoms with E-state index in [0.29, 0.717) is 6.10 Å². The fraction of sp³-hybridized carbons (Fsp3) is 1.00. The topological polar surface area (TPSA) is 47.3 Å². The molecule has 1 rings (SSSR count). The van der Waals surface area contributed by atoms with Crippen molar-refractivity contribution >= 4 is 0 Å². The van der Waals surface area contributed by atoms with Crippen molar-refractivity contribution < 1.29 is 4.74 Å². The summed E-state index contributed by atoms with van der Waals surface area (Å²) in [6.07, 6.45) is 6.57. The Hall–Kier alpha value is -0.120. The molecule has 0 aromatic carbocycles. The van der Waals surface area contributed by atoms with Crippen molar-refractivity contribution in [1.29, 1.82) is 0 Å². The van der Waals surface area contributed by atoms with Crippen molar-refractivity contribution in [3.05, 3.63) is 0 Å². The molecule has 1 unspecified atom stereocenters. The molecule has 1 atom stereocenters. The Balaban J connectivity index is 1.86. The zero-order valence-electron chi connectivity index (χ0n) is 8.43. The zero-order valence-corrected chi connectivity index (χ0v) is 8.43. The van der Waals surface area contributed by atoms with E-state index in [1.54, 1.807) is 0 Å². The summed E-state index contributed by atoms with van der Waals surface area (Å²) < 4.78 is 5.60. The molecule has 1 aliphatic rings. The van der Waals surface area contributed by atoms with Crippen LogP contribution in [-0.2, 0) is 4.74 Å². The first kappa shape index (κ1) is 11.0. The molecule has 0 bridgehead atoms. The van der Waals surface area contributed by atoms with Crippen molar-refractivity contribution in [3.8, 4) is 0 Å². The number of nitrogens with one attached hydrogen (secondary N) is 1. The maximum absolute atomic E-state index is 5.60. The zero-order chi connectivity index (χ0) is 9.36. The fourth-order valence-electron chi connectivity index (χ4n) is 1.63. The lowest BCUT2D eigenvalue weighted by Crippen LogP contribution is -2.32. The van der Waals surface area contributed by atoms with Gasteiger partial charge in [-0.05, 0) is 45.2 Å². The molecule has 0 saturated carbocycles. The molecule has 1 aliphatic heterocycles. The van der Waals surface area contributed by atoms with Gasteiger partial charge in [0.25, 0.3) is 0 Å². The van der Waals surface area contributed by atoms with Gasteiger partial charge in [0.15, 0.2) is 0 Å². The second-order valence-corrected chi connectivity index (χ2v) is 3.69. The highest BCUT2D eigenvalue weighted by atomic mass is 16.5. The molecular formula is C10H22N2O. The van der Waals surface area contributed by atoms with Crippen molar-refractivity contribution in [3.63, 3.8) is 0 Å². The second kappa shape index (κ2) is 7.30. The third kappa shape index (κ3) is 5.24. The SMILES string of the molecule is NCCCCNCC1CCCCO1. The molecule has 1 heterocycles. The molecule has 78 valence electrons. The number of hydrogen-bond acceptors (Lipinski definition) is 3. The van der Waals surface area contributed by atoms with E-state index < -0.39 is 0 Å². The first-order valence-electron chi connectivity index (χ1n) is 5.46. The minimum absolute atomic E-state index is 0.464. The van der Waals surface area contributed by atoms with E-state index >= 15 is 0 Å². The minimum Gasteiger partial charge on any atom is -0.377 e. The minimum atomic E-state index is 0.464. The van der Waals surface area contributed by atoms with Crippen LogP contribution >= 0.6 is 0 Å². The highest BCUT2D eigenvalue weighted by molar-refractivity contribution is 4.66. The van der Waals surface area contributed by atoms with Gasteiger partial charge in [-0.25, -0.2) is 0 Å². The number of unbranched alkanes of at least 4 members (excludes halogenated alkanes) is 1. The van der Waals surface area contributed by atoms with Gasteiger partial charge in [0.05, 0.1) is 6.10 Å². The second-order valence-electron chi connectivity index (χ2n) is 3.69. The van der Waals surface area contributed by atoms with Gasteiger partial charge in [0.1, 0.15) is 0 Å². The molecule has 0 aromatic heterocycles. The normalized spacial score (nSPS) is 23.3. The molecule has 13 heavy (non-hydrogen) atoms. The van der Waals surface area contributed by atoms with Crippen molar-refractivity contribution in [2.45, 2.75) is 38.2 Å². The van der Waals surface area contributed by atoms with E-state index in [1.165, 1.54) is 25.7 Å².